The van der Waals surface area contributed by atoms with Crippen molar-refractivity contribution in [3.05, 3.63) is 0 Å². The molecule has 0 aromatic rings. The minimum absolute atomic E-state index is 0.0962. The van der Waals surface area contributed by atoms with Crippen LogP contribution in [-0.4, -0.2) is 54.4 Å². The van der Waals surface area contributed by atoms with Gasteiger partial charge in [-0.3, -0.25) is 14.5 Å². The van der Waals surface area contributed by atoms with Gasteiger partial charge in [0.1, 0.15) is 12.0 Å². The highest BCUT2D eigenvalue weighted by molar-refractivity contribution is 7.54. The van der Waals surface area contributed by atoms with Crippen LogP contribution in [0.4, 0.5) is 4.79 Å². The highest BCUT2D eigenvalue weighted by atomic mass is 31.2. The summed E-state index contributed by atoms with van der Waals surface area (Å²) in [6.07, 6.45) is -1.19. The van der Waals surface area contributed by atoms with Gasteiger partial charge in [0.25, 0.3) is 0 Å². The lowest BCUT2D eigenvalue weighted by Gasteiger charge is -2.20. The van der Waals surface area contributed by atoms with Crippen LogP contribution < -0.4 is 0 Å². The van der Waals surface area contributed by atoms with Crippen LogP contribution in [-0.2, 0) is 13.6 Å². The van der Waals surface area contributed by atoms with Crippen molar-refractivity contribution in [2.75, 3.05) is 32.5 Å². The Morgan fingerprint density at radius 2 is 2.06 bits per heavy atom. The first-order valence-corrected chi connectivity index (χ1v) is 7.17. The van der Waals surface area contributed by atoms with Crippen molar-refractivity contribution in [2.45, 2.75) is 13.8 Å². The third-order valence-corrected chi connectivity index (χ3v) is 4.12. The van der Waals surface area contributed by atoms with Gasteiger partial charge in [0.2, 0.25) is 0 Å². The standard InChI is InChI=1S/C9H17N2O5P/c1-3-15-17(14,16-4-2)7-8-10-5-6-11(8)9(12)13/h3-7H2,1-2H3,(H,12,13). The summed E-state index contributed by atoms with van der Waals surface area (Å²) in [7, 11) is -3.28. The van der Waals surface area contributed by atoms with Gasteiger partial charge >= 0.3 is 13.7 Å². The lowest BCUT2D eigenvalue weighted by Crippen LogP contribution is -2.35. The molecule has 0 saturated carbocycles. The number of hydrogen-bond donors (Lipinski definition) is 1. The van der Waals surface area contributed by atoms with Crippen molar-refractivity contribution >= 4 is 19.5 Å². The Hall–Kier alpha value is -0.910. The molecule has 0 radical (unpaired) electrons. The van der Waals surface area contributed by atoms with Crippen molar-refractivity contribution in [3.63, 3.8) is 0 Å². The quantitative estimate of drug-likeness (QED) is 0.737. The lowest BCUT2D eigenvalue weighted by molar-refractivity contribution is 0.172. The molecule has 0 bridgehead atoms. The van der Waals surface area contributed by atoms with Crippen LogP contribution in [0.3, 0.4) is 0 Å². The number of amidine groups is 1. The van der Waals surface area contributed by atoms with Gasteiger partial charge in [-0.25, -0.2) is 4.79 Å². The van der Waals surface area contributed by atoms with Crippen molar-refractivity contribution in [3.8, 4) is 0 Å². The lowest BCUT2D eigenvalue weighted by atomic mass is 10.5. The first-order chi connectivity index (χ1) is 8.02. The molecule has 98 valence electrons. The largest absolute Gasteiger partial charge is 0.465 e. The maximum atomic E-state index is 12.2. The van der Waals surface area contributed by atoms with Gasteiger partial charge in [-0.05, 0) is 13.8 Å². The average molecular weight is 264 g/mol. The van der Waals surface area contributed by atoms with E-state index in [4.69, 9.17) is 14.2 Å². The molecule has 1 aliphatic heterocycles. The first-order valence-electron chi connectivity index (χ1n) is 5.44. The molecule has 0 unspecified atom stereocenters. The second-order valence-corrected chi connectivity index (χ2v) is 5.39. The van der Waals surface area contributed by atoms with Crippen LogP contribution in [0, 0.1) is 0 Å². The fraction of sp³-hybridized carbons (Fsp3) is 0.778. The van der Waals surface area contributed by atoms with E-state index in [2.05, 4.69) is 4.99 Å². The number of carboxylic acid groups (broad SMARTS) is 1. The van der Waals surface area contributed by atoms with Crippen molar-refractivity contribution in [2.24, 2.45) is 4.99 Å². The molecule has 0 fully saturated rings. The summed E-state index contributed by atoms with van der Waals surface area (Å²) in [6.45, 7) is 4.59. The summed E-state index contributed by atoms with van der Waals surface area (Å²) >= 11 is 0. The summed E-state index contributed by atoms with van der Waals surface area (Å²) in [5.41, 5.74) is 0. The molecule has 1 rings (SSSR count). The molecule has 0 aromatic carbocycles. The summed E-state index contributed by atoms with van der Waals surface area (Å²) < 4.78 is 22.4. The van der Waals surface area contributed by atoms with Crippen LogP contribution in [0.15, 0.2) is 4.99 Å². The molecule has 1 N–H and O–H groups in total. The van der Waals surface area contributed by atoms with E-state index in [1.54, 1.807) is 13.8 Å². The van der Waals surface area contributed by atoms with Crippen LogP contribution in [0.5, 0.6) is 0 Å². The van der Waals surface area contributed by atoms with E-state index < -0.39 is 13.7 Å². The molecule has 0 aliphatic carbocycles. The Morgan fingerprint density at radius 3 is 2.53 bits per heavy atom. The molecule has 0 spiro atoms. The highest BCUT2D eigenvalue weighted by Gasteiger charge is 2.32. The summed E-state index contributed by atoms with van der Waals surface area (Å²) in [4.78, 5) is 16.0. The van der Waals surface area contributed by atoms with Gasteiger partial charge in [-0.2, -0.15) is 0 Å². The Kier molecular flexibility index (Phi) is 5.11. The number of rotatable bonds is 6. The minimum Gasteiger partial charge on any atom is -0.465 e. The molecule has 8 heteroatoms. The Morgan fingerprint density at radius 1 is 1.47 bits per heavy atom. The molecular formula is C9H17N2O5P. The summed E-state index contributed by atoms with van der Waals surface area (Å²) in [6, 6.07) is 0. The van der Waals surface area contributed by atoms with E-state index in [1.165, 1.54) is 0 Å². The van der Waals surface area contributed by atoms with E-state index in [-0.39, 0.29) is 25.2 Å². The summed E-state index contributed by atoms with van der Waals surface area (Å²) in [5, 5.41) is 8.91. The van der Waals surface area contributed by atoms with Gasteiger partial charge in [-0.15, -0.1) is 0 Å². The summed E-state index contributed by atoms with van der Waals surface area (Å²) in [5.74, 6) is 0.253. The SMILES string of the molecule is CCOP(=O)(CC1=NCCN1C(=O)O)OCC. The van der Waals surface area contributed by atoms with Crippen LogP contribution in [0.25, 0.3) is 0 Å². The van der Waals surface area contributed by atoms with Crippen LogP contribution in [0.1, 0.15) is 13.8 Å². The fourth-order valence-electron chi connectivity index (χ4n) is 1.53. The molecule has 0 atom stereocenters. The monoisotopic (exact) mass is 264 g/mol. The zero-order chi connectivity index (χ0) is 12.9. The topological polar surface area (TPSA) is 88.4 Å². The molecule has 7 nitrogen and oxygen atoms in total. The number of nitrogens with zero attached hydrogens (tertiary/aromatic N) is 2. The number of carbonyl (C=O) groups is 1. The van der Waals surface area contributed by atoms with E-state index >= 15 is 0 Å². The number of hydrogen-bond acceptors (Lipinski definition) is 5. The number of aliphatic imine (C=N–C) groups is 1. The Bertz CT molecular complexity index is 347. The van der Waals surface area contributed by atoms with Gasteiger partial charge < -0.3 is 14.2 Å². The highest BCUT2D eigenvalue weighted by Crippen LogP contribution is 2.48. The van der Waals surface area contributed by atoms with E-state index in [0.29, 0.717) is 13.1 Å². The Labute approximate surface area is 100.0 Å². The van der Waals surface area contributed by atoms with Gasteiger partial charge in [0.15, 0.2) is 0 Å². The molecule has 1 amide bonds. The molecule has 17 heavy (non-hydrogen) atoms. The van der Waals surface area contributed by atoms with Gasteiger partial charge in [0.05, 0.1) is 26.3 Å². The van der Waals surface area contributed by atoms with E-state index in [1.807, 2.05) is 0 Å². The van der Waals surface area contributed by atoms with Gasteiger partial charge in [0, 0.05) is 0 Å². The van der Waals surface area contributed by atoms with E-state index in [9.17, 15) is 9.36 Å². The molecule has 1 aliphatic rings. The molecule has 1 heterocycles. The Balaban J connectivity index is 2.73. The average Bonchev–Trinajstić information content (AvgIpc) is 2.66. The van der Waals surface area contributed by atoms with Crippen molar-refractivity contribution in [1.82, 2.24) is 4.90 Å². The smallest absolute Gasteiger partial charge is 0.412 e. The number of amides is 1. The van der Waals surface area contributed by atoms with Crippen LogP contribution >= 0.6 is 7.60 Å². The van der Waals surface area contributed by atoms with Crippen molar-refractivity contribution < 1.29 is 23.5 Å². The predicted octanol–water partition coefficient (Wildman–Crippen LogP) is 1.64. The third kappa shape index (κ3) is 3.80. The molecule has 0 aromatic heterocycles. The van der Waals surface area contributed by atoms with Crippen molar-refractivity contribution in [1.29, 1.82) is 0 Å². The van der Waals surface area contributed by atoms with Crippen LogP contribution in [0.2, 0.25) is 0 Å². The van der Waals surface area contributed by atoms with E-state index in [0.717, 1.165) is 4.90 Å². The predicted molar refractivity (Wildman–Crippen MR) is 62.8 cm³/mol. The second-order valence-electron chi connectivity index (χ2n) is 3.34. The normalized spacial score (nSPS) is 16.1. The molecular weight excluding hydrogens is 247 g/mol. The zero-order valence-electron chi connectivity index (χ0n) is 9.96. The maximum Gasteiger partial charge on any atom is 0.412 e. The maximum absolute atomic E-state index is 12.2. The van der Waals surface area contributed by atoms with Gasteiger partial charge in [-0.1, -0.05) is 0 Å². The zero-order valence-corrected chi connectivity index (χ0v) is 10.9. The fourth-order valence-corrected chi connectivity index (χ4v) is 3.19. The minimum atomic E-state index is -3.28. The third-order valence-electron chi connectivity index (χ3n) is 2.15. The molecule has 0 saturated heterocycles. The first kappa shape index (κ1) is 14.2. The second kappa shape index (κ2) is 6.14.